The fourth-order valence-corrected chi connectivity index (χ4v) is 3.27. The van der Waals surface area contributed by atoms with Crippen molar-refractivity contribution in [1.82, 2.24) is 4.90 Å². The Morgan fingerprint density at radius 1 is 0.967 bits per heavy atom. The highest BCUT2D eigenvalue weighted by Gasteiger charge is 2.38. The van der Waals surface area contributed by atoms with E-state index in [1.807, 2.05) is 75.4 Å². The molecule has 0 bridgehead atoms. The maximum atomic E-state index is 13.1. The quantitative estimate of drug-likeness (QED) is 0.474. The first-order valence-corrected chi connectivity index (χ1v) is 10.3. The summed E-state index contributed by atoms with van der Waals surface area (Å²) in [5.74, 6) is 0.141. The van der Waals surface area contributed by atoms with E-state index >= 15 is 0 Å². The molecule has 0 atom stereocenters. The average molecular weight is 408 g/mol. The van der Waals surface area contributed by atoms with Crippen LogP contribution >= 0.6 is 0 Å². The monoisotopic (exact) mass is 408 g/mol. The van der Waals surface area contributed by atoms with Crippen molar-refractivity contribution in [1.29, 1.82) is 0 Å². The number of rotatable bonds is 10. The van der Waals surface area contributed by atoms with Crippen LogP contribution in [0.3, 0.4) is 0 Å². The van der Waals surface area contributed by atoms with E-state index in [9.17, 15) is 9.59 Å². The van der Waals surface area contributed by atoms with Crippen LogP contribution in [0.1, 0.15) is 32.8 Å². The molecule has 0 unspecified atom stereocenters. The molecule has 6 nitrogen and oxygen atoms in total. The molecular formula is C24H28N2O4. The second-order valence-electron chi connectivity index (χ2n) is 7.24. The zero-order valence-electron chi connectivity index (χ0n) is 17.7. The van der Waals surface area contributed by atoms with Gasteiger partial charge in [0.15, 0.2) is 0 Å². The molecular weight excluding hydrogens is 380 g/mol. The molecule has 1 N–H and O–H groups in total. The van der Waals surface area contributed by atoms with Crippen molar-refractivity contribution in [2.75, 3.05) is 25.1 Å². The van der Waals surface area contributed by atoms with Crippen LogP contribution in [-0.2, 0) is 14.3 Å². The molecule has 2 aromatic carbocycles. The van der Waals surface area contributed by atoms with Gasteiger partial charge in [-0.25, -0.2) is 0 Å². The highest BCUT2D eigenvalue weighted by molar-refractivity contribution is 6.36. The van der Waals surface area contributed by atoms with E-state index in [0.29, 0.717) is 48.7 Å². The summed E-state index contributed by atoms with van der Waals surface area (Å²) in [4.78, 5) is 27.5. The van der Waals surface area contributed by atoms with Crippen molar-refractivity contribution in [3.05, 3.63) is 65.9 Å². The first kappa shape index (κ1) is 21.6. The Labute approximate surface area is 177 Å². The Kier molecular flexibility index (Phi) is 7.25. The van der Waals surface area contributed by atoms with Crippen molar-refractivity contribution in [2.45, 2.75) is 33.3 Å². The largest absolute Gasteiger partial charge is 0.491 e. The molecule has 2 aromatic rings. The van der Waals surface area contributed by atoms with Crippen LogP contribution in [0.15, 0.2) is 60.3 Å². The predicted octanol–water partition coefficient (Wildman–Crippen LogP) is 4.09. The van der Waals surface area contributed by atoms with E-state index in [4.69, 9.17) is 9.47 Å². The van der Waals surface area contributed by atoms with Gasteiger partial charge in [0, 0.05) is 25.4 Å². The Morgan fingerprint density at radius 3 is 2.30 bits per heavy atom. The fourth-order valence-electron chi connectivity index (χ4n) is 3.27. The number of carbonyl (C=O) groups is 2. The minimum absolute atomic E-state index is 0.0791. The summed E-state index contributed by atoms with van der Waals surface area (Å²) in [6, 6.07) is 16.6. The molecule has 0 saturated carbocycles. The number of anilines is 1. The van der Waals surface area contributed by atoms with Crippen LogP contribution < -0.4 is 10.1 Å². The number of benzene rings is 2. The van der Waals surface area contributed by atoms with Crippen LogP contribution in [0.25, 0.3) is 5.57 Å². The lowest BCUT2D eigenvalue weighted by Crippen LogP contribution is -2.34. The van der Waals surface area contributed by atoms with Crippen molar-refractivity contribution in [2.24, 2.45) is 0 Å². The SMILES string of the molecule is CCOCCCN1C(=O)C(Nc2ccc(OC(C)C)cc2)=C(c2ccccc2)C1=O. The van der Waals surface area contributed by atoms with Gasteiger partial charge in [0.05, 0.1) is 11.7 Å². The van der Waals surface area contributed by atoms with Crippen molar-refractivity contribution in [3.63, 3.8) is 0 Å². The molecule has 0 spiro atoms. The molecule has 1 aliphatic heterocycles. The summed E-state index contributed by atoms with van der Waals surface area (Å²) in [6.45, 7) is 7.28. The summed E-state index contributed by atoms with van der Waals surface area (Å²) in [5.41, 5.74) is 2.11. The zero-order chi connectivity index (χ0) is 21.5. The van der Waals surface area contributed by atoms with Gasteiger partial charge in [-0.1, -0.05) is 30.3 Å². The molecule has 2 amide bonds. The minimum Gasteiger partial charge on any atom is -0.491 e. The smallest absolute Gasteiger partial charge is 0.278 e. The van der Waals surface area contributed by atoms with Crippen molar-refractivity contribution in [3.8, 4) is 5.75 Å². The van der Waals surface area contributed by atoms with Gasteiger partial charge in [0.25, 0.3) is 11.8 Å². The van der Waals surface area contributed by atoms with Gasteiger partial charge < -0.3 is 14.8 Å². The summed E-state index contributed by atoms with van der Waals surface area (Å²) in [7, 11) is 0. The zero-order valence-corrected chi connectivity index (χ0v) is 17.7. The van der Waals surface area contributed by atoms with Gasteiger partial charge in [-0.05, 0) is 57.0 Å². The number of nitrogens with one attached hydrogen (secondary N) is 1. The van der Waals surface area contributed by atoms with Crippen LogP contribution in [0.4, 0.5) is 5.69 Å². The number of amides is 2. The van der Waals surface area contributed by atoms with E-state index in [0.717, 1.165) is 5.75 Å². The normalized spacial score (nSPS) is 14.1. The molecule has 6 heteroatoms. The fraction of sp³-hybridized carbons (Fsp3) is 0.333. The minimum atomic E-state index is -0.321. The first-order chi connectivity index (χ1) is 14.5. The number of ether oxygens (including phenoxy) is 2. The molecule has 1 aliphatic rings. The highest BCUT2D eigenvalue weighted by atomic mass is 16.5. The van der Waals surface area contributed by atoms with Crippen LogP contribution in [0.2, 0.25) is 0 Å². The molecule has 3 rings (SSSR count). The number of hydrogen-bond acceptors (Lipinski definition) is 5. The van der Waals surface area contributed by atoms with Crippen molar-refractivity contribution < 1.29 is 19.1 Å². The standard InChI is InChI=1S/C24H28N2O4/c1-4-29-16-8-15-26-23(27)21(18-9-6-5-7-10-18)22(24(26)28)25-19-11-13-20(14-12-19)30-17(2)3/h5-7,9-14,17,25H,4,8,15-16H2,1-3H3. The molecule has 0 saturated heterocycles. The third-order valence-corrected chi connectivity index (χ3v) is 4.60. The first-order valence-electron chi connectivity index (χ1n) is 10.3. The van der Waals surface area contributed by atoms with Gasteiger partial charge in [-0.3, -0.25) is 14.5 Å². The molecule has 0 radical (unpaired) electrons. The third kappa shape index (κ3) is 5.07. The van der Waals surface area contributed by atoms with Crippen LogP contribution in [0, 0.1) is 0 Å². The van der Waals surface area contributed by atoms with Gasteiger partial charge in [0.2, 0.25) is 0 Å². The van der Waals surface area contributed by atoms with E-state index < -0.39 is 0 Å². The summed E-state index contributed by atoms with van der Waals surface area (Å²) in [6.07, 6.45) is 0.678. The number of carbonyl (C=O) groups excluding carboxylic acids is 2. The lowest BCUT2D eigenvalue weighted by atomic mass is 10.0. The molecule has 158 valence electrons. The van der Waals surface area contributed by atoms with E-state index in [1.54, 1.807) is 0 Å². The average Bonchev–Trinajstić information content (AvgIpc) is 2.97. The van der Waals surface area contributed by atoms with Gasteiger partial charge in [-0.2, -0.15) is 0 Å². The van der Waals surface area contributed by atoms with E-state index in [-0.39, 0.29) is 17.9 Å². The Hall–Kier alpha value is -3.12. The molecule has 0 fully saturated rings. The molecule has 30 heavy (non-hydrogen) atoms. The van der Waals surface area contributed by atoms with Gasteiger partial charge >= 0.3 is 0 Å². The second kappa shape index (κ2) is 10.1. The maximum absolute atomic E-state index is 13.1. The molecule has 0 aliphatic carbocycles. The topological polar surface area (TPSA) is 67.9 Å². The summed E-state index contributed by atoms with van der Waals surface area (Å²) < 4.78 is 11.0. The van der Waals surface area contributed by atoms with Crippen LogP contribution in [0.5, 0.6) is 5.75 Å². The van der Waals surface area contributed by atoms with Crippen molar-refractivity contribution >= 4 is 23.1 Å². The van der Waals surface area contributed by atoms with Gasteiger partial charge in [0.1, 0.15) is 11.4 Å². The molecule has 0 aromatic heterocycles. The summed E-state index contributed by atoms with van der Waals surface area (Å²) >= 11 is 0. The van der Waals surface area contributed by atoms with Gasteiger partial charge in [-0.15, -0.1) is 0 Å². The Morgan fingerprint density at radius 2 is 1.67 bits per heavy atom. The van der Waals surface area contributed by atoms with E-state index in [1.165, 1.54) is 4.90 Å². The number of nitrogens with zero attached hydrogens (tertiary/aromatic N) is 1. The Balaban J connectivity index is 1.86. The van der Waals surface area contributed by atoms with E-state index in [2.05, 4.69) is 5.32 Å². The van der Waals surface area contributed by atoms with Crippen LogP contribution in [-0.4, -0.2) is 42.6 Å². The highest BCUT2D eigenvalue weighted by Crippen LogP contribution is 2.31. The number of imide groups is 1. The Bertz CT molecular complexity index is 905. The lowest BCUT2D eigenvalue weighted by molar-refractivity contribution is -0.137. The predicted molar refractivity (Wildman–Crippen MR) is 117 cm³/mol. The lowest BCUT2D eigenvalue weighted by Gasteiger charge is -2.15. The number of hydrogen-bond donors (Lipinski definition) is 1. The third-order valence-electron chi connectivity index (χ3n) is 4.60. The maximum Gasteiger partial charge on any atom is 0.278 e. The summed E-state index contributed by atoms with van der Waals surface area (Å²) in [5, 5.41) is 3.16. The second-order valence-corrected chi connectivity index (χ2v) is 7.24. The molecule has 1 heterocycles.